The first kappa shape index (κ1) is 19.9. The number of hydrogen-bond acceptors (Lipinski definition) is 8. The number of piperazine rings is 1. The Morgan fingerprint density at radius 3 is 2.73 bits per heavy atom. The van der Waals surface area contributed by atoms with E-state index in [1.165, 1.54) is 18.2 Å². The van der Waals surface area contributed by atoms with E-state index in [4.69, 9.17) is 4.52 Å². The van der Waals surface area contributed by atoms with Crippen molar-refractivity contribution in [2.75, 3.05) is 26.2 Å². The molecule has 154 valence electrons. The zero-order valence-electron chi connectivity index (χ0n) is 16.0. The third-order valence-corrected chi connectivity index (χ3v) is 5.65. The van der Waals surface area contributed by atoms with Crippen LogP contribution in [0.3, 0.4) is 0 Å². The van der Waals surface area contributed by atoms with E-state index >= 15 is 0 Å². The summed E-state index contributed by atoms with van der Waals surface area (Å²) >= 11 is 1.55. The summed E-state index contributed by atoms with van der Waals surface area (Å²) in [5.41, 5.74) is 0.390. The number of carbonyl (C=O) groups is 1. The van der Waals surface area contributed by atoms with E-state index in [1.54, 1.807) is 34.4 Å². The maximum atomic E-state index is 12.5. The summed E-state index contributed by atoms with van der Waals surface area (Å²) in [6.45, 7) is 3.07. The van der Waals surface area contributed by atoms with E-state index in [0.29, 0.717) is 50.0 Å². The van der Waals surface area contributed by atoms with Gasteiger partial charge in [0.2, 0.25) is 5.91 Å². The molecule has 0 spiro atoms. The number of thiophene rings is 1. The molecule has 1 amide bonds. The lowest BCUT2D eigenvalue weighted by Gasteiger charge is -2.33. The van der Waals surface area contributed by atoms with Gasteiger partial charge in [0.25, 0.3) is 11.6 Å². The van der Waals surface area contributed by atoms with Crippen LogP contribution in [0, 0.1) is 10.1 Å². The molecule has 3 aromatic rings. The van der Waals surface area contributed by atoms with Crippen LogP contribution in [0.1, 0.15) is 11.4 Å². The molecule has 0 radical (unpaired) electrons. The Bertz CT molecular complexity index is 1050. The SMILES string of the molecule is O=C(C=Cc1ccccc1[N+](=O)[O-])N1CCN(Cc2noc(-c3cccs3)n2)CC1. The third kappa shape index (κ3) is 4.61. The van der Waals surface area contributed by atoms with Crippen molar-refractivity contribution in [2.45, 2.75) is 6.54 Å². The van der Waals surface area contributed by atoms with E-state index < -0.39 is 4.92 Å². The number of hydrogen-bond donors (Lipinski definition) is 0. The molecule has 0 atom stereocenters. The Balaban J connectivity index is 1.30. The minimum absolute atomic E-state index is 0.0200. The highest BCUT2D eigenvalue weighted by atomic mass is 32.1. The second-order valence-corrected chi connectivity index (χ2v) is 7.69. The van der Waals surface area contributed by atoms with Gasteiger partial charge < -0.3 is 9.42 Å². The Labute approximate surface area is 176 Å². The number of nitro groups is 1. The van der Waals surface area contributed by atoms with E-state index in [-0.39, 0.29) is 11.6 Å². The molecule has 0 saturated carbocycles. The molecule has 1 fully saturated rings. The quantitative estimate of drug-likeness (QED) is 0.339. The molecule has 1 saturated heterocycles. The average molecular weight is 425 g/mol. The molecular weight excluding hydrogens is 406 g/mol. The normalized spacial score (nSPS) is 15.0. The second kappa shape index (κ2) is 8.97. The van der Waals surface area contributed by atoms with Crippen LogP contribution in [0.5, 0.6) is 0 Å². The monoisotopic (exact) mass is 425 g/mol. The molecule has 10 heteroatoms. The molecule has 2 aromatic heterocycles. The molecule has 30 heavy (non-hydrogen) atoms. The van der Waals surface area contributed by atoms with Crippen LogP contribution in [0.15, 0.2) is 52.4 Å². The fourth-order valence-electron chi connectivity index (χ4n) is 3.21. The van der Waals surface area contributed by atoms with Gasteiger partial charge in [0.1, 0.15) is 0 Å². The average Bonchev–Trinajstić information content (AvgIpc) is 3.45. The molecule has 0 N–H and O–H groups in total. The molecule has 3 heterocycles. The fraction of sp³-hybridized carbons (Fsp3) is 0.250. The molecule has 1 aromatic carbocycles. The minimum atomic E-state index is -0.454. The van der Waals surface area contributed by atoms with Crippen molar-refractivity contribution in [1.29, 1.82) is 0 Å². The summed E-state index contributed by atoms with van der Waals surface area (Å²) in [6.07, 6.45) is 2.89. The van der Waals surface area contributed by atoms with Gasteiger partial charge >= 0.3 is 0 Å². The van der Waals surface area contributed by atoms with Crippen molar-refractivity contribution in [1.82, 2.24) is 19.9 Å². The number of aromatic nitrogens is 2. The van der Waals surface area contributed by atoms with Gasteiger partial charge in [-0.2, -0.15) is 4.98 Å². The van der Waals surface area contributed by atoms with Gasteiger partial charge in [0.15, 0.2) is 5.82 Å². The van der Waals surface area contributed by atoms with Gasteiger partial charge in [-0.1, -0.05) is 23.4 Å². The molecule has 0 aliphatic carbocycles. The first-order valence-corrected chi connectivity index (χ1v) is 10.3. The summed E-state index contributed by atoms with van der Waals surface area (Å²) < 4.78 is 5.31. The highest BCUT2D eigenvalue weighted by Crippen LogP contribution is 2.23. The van der Waals surface area contributed by atoms with Crippen LogP contribution in [-0.4, -0.2) is 56.9 Å². The van der Waals surface area contributed by atoms with Crippen molar-refractivity contribution in [3.63, 3.8) is 0 Å². The fourth-order valence-corrected chi connectivity index (χ4v) is 3.85. The summed E-state index contributed by atoms with van der Waals surface area (Å²) in [5, 5.41) is 17.1. The zero-order chi connectivity index (χ0) is 20.9. The summed E-state index contributed by atoms with van der Waals surface area (Å²) in [5.74, 6) is 0.982. The molecule has 1 aliphatic rings. The minimum Gasteiger partial charge on any atom is -0.337 e. The van der Waals surface area contributed by atoms with Crippen molar-refractivity contribution in [2.24, 2.45) is 0 Å². The van der Waals surface area contributed by atoms with Crippen molar-refractivity contribution in [3.05, 3.63) is 69.4 Å². The van der Waals surface area contributed by atoms with Crippen LogP contribution in [-0.2, 0) is 11.3 Å². The molecule has 1 aliphatic heterocycles. The first-order chi connectivity index (χ1) is 14.6. The largest absolute Gasteiger partial charge is 0.337 e. The zero-order valence-corrected chi connectivity index (χ0v) is 16.8. The van der Waals surface area contributed by atoms with Crippen molar-refractivity contribution < 1.29 is 14.2 Å². The van der Waals surface area contributed by atoms with Crippen molar-refractivity contribution in [3.8, 4) is 10.8 Å². The van der Waals surface area contributed by atoms with Gasteiger partial charge in [-0.3, -0.25) is 19.8 Å². The Kier molecular flexibility index (Phi) is 5.96. The van der Waals surface area contributed by atoms with Crippen LogP contribution in [0.2, 0.25) is 0 Å². The lowest BCUT2D eigenvalue weighted by atomic mass is 10.1. The van der Waals surface area contributed by atoms with Crippen LogP contribution in [0.25, 0.3) is 16.8 Å². The van der Waals surface area contributed by atoms with E-state index in [1.807, 2.05) is 17.5 Å². The Hall–Kier alpha value is -3.37. The van der Waals surface area contributed by atoms with Gasteiger partial charge in [0, 0.05) is 38.3 Å². The maximum absolute atomic E-state index is 12.5. The van der Waals surface area contributed by atoms with Gasteiger partial charge in [-0.05, 0) is 23.6 Å². The van der Waals surface area contributed by atoms with E-state index in [0.717, 1.165) is 4.88 Å². The Morgan fingerprint density at radius 1 is 1.20 bits per heavy atom. The number of carbonyl (C=O) groups excluding carboxylic acids is 1. The molecule has 0 unspecified atom stereocenters. The molecular formula is C20H19N5O4S. The van der Waals surface area contributed by atoms with Gasteiger partial charge in [0.05, 0.1) is 21.9 Å². The highest BCUT2D eigenvalue weighted by Gasteiger charge is 2.21. The maximum Gasteiger partial charge on any atom is 0.276 e. The summed E-state index contributed by atoms with van der Waals surface area (Å²) in [6, 6.07) is 10.2. The number of para-hydroxylation sites is 1. The number of nitro benzene ring substituents is 1. The summed E-state index contributed by atoms with van der Waals surface area (Å²) in [4.78, 5) is 32.4. The lowest BCUT2D eigenvalue weighted by molar-refractivity contribution is -0.385. The number of amides is 1. The van der Waals surface area contributed by atoms with Gasteiger partial charge in [-0.25, -0.2) is 0 Å². The lowest BCUT2D eigenvalue weighted by Crippen LogP contribution is -2.47. The predicted molar refractivity (Wildman–Crippen MR) is 112 cm³/mol. The predicted octanol–water partition coefficient (Wildman–Crippen LogP) is 3.06. The Morgan fingerprint density at radius 2 is 2.00 bits per heavy atom. The van der Waals surface area contributed by atoms with Crippen LogP contribution >= 0.6 is 11.3 Å². The highest BCUT2D eigenvalue weighted by molar-refractivity contribution is 7.13. The topological polar surface area (TPSA) is 106 Å². The summed E-state index contributed by atoms with van der Waals surface area (Å²) in [7, 11) is 0. The van der Waals surface area contributed by atoms with E-state index in [9.17, 15) is 14.9 Å². The van der Waals surface area contributed by atoms with Crippen LogP contribution < -0.4 is 0 Å². The second-order valence-electron chi connectivity index (χ2n) is 6.74. The number of rotatable bonds is 6. The molecule has 9 nitrogen and oxygen atoms in total. The van der Waals surface area contributed by atoms with Gasteiger partial charge in [-0.15, -0.1) is 11.3 Å². The number of benzene rings is 1. The molecule has 4 rings (SSSR count). The van der Waals surface area contributed by atoms with Crippen molar-refractivity contribution >= 4 is 29.0 Å². The smallest absolute Gasteiger partial charge is 0.276 e. The van der Waals surface area contributed by atoms with E-state index in [2.05, 4.69) is 15.0 Å². The third-order valence-electron chi connectivity index (χ3n) is 4.79. The van der Waals surface area contributed by atoms with Crippen LogP contribution in [0.4, 0.5) is 5.69 Å². The standard InChI is InChI=1S/C20H19N5O4S/c26-19(8-7-15-4-1-2-5-16(15)25(27)28)24-11-9-23(10-12-24)14-18-21-20(29-22-18)17-6-3-13-30-17/h1-8,13H,9-12,14H2. The molecule has 0 bridgehead atoms. The number of nitrogens with zero attached hydrogens (tertiary/aromatic N) is 5. The first-order valence-electron chi connectivity index (χ1n) is 9.39.